The Kier molecular flexibility index (Phi) is 3.97. The molecule has 2 aromatic carbocycles. The van der Waals surface area contributed by atoms with Crippen molar-refractivity contribution >= 4 is 5.84 Å². The number of oxime groups is 1. The van der Waals surface area contributed by atoms with E-state index in [1.54, 1.807) is 6.07 Å². The number of hydrogen-bond acceptors (Lipinski definition) is 3. The molecule has 0 amide bonds. The summed E-state index contributed by atoms with van der Waals surface area (Å²) in [6.45, 7) is 0.247. The van der Waals surface area contributed by atoms with Gasteiger partial charge in [0, 0.05) is 0 Å². The van der Waals surface area contributed by atoms with E-state index in [2.05, 4.69) is 5.16 Å². The summed E-state index contributed by atoms with van der Waals surface area (Å²) in [5.41, 5.74) is 6.06. The Morgan fingerprint density at radius 2 is 1.95 bits per heavy atom. The first kappa shape index (κ1) is 12.9. The molecule has 0 fully saturated rings. The molecule has 2 rings (SSSR count). The first-order valence-corrected chi connectivity index (χ1v) is 5.65. The van der Waals surface area contributed by atoms with Crippen LogP contribution in [-0.2, 0) is 6.61 Å². The Morgan fingerprint density at radius 1 is 1.21 bits per heavy atom. The number of nitrogens with zero attached hydrogens (tertiary/aromatic N) is 1. The van der Waals surface area contributed by atoms with Crippen LogP contribution in [-0.4, -0.2) is 11.0 Å². The summed E-state index contributed by atoms with van der Waals surface area (Å²) in [6.07, 6.45) is 0. The van der Waals surface area contributed by atoms with Gasteiger partial charge in [0.1, 0.15) is 18.2 Å². The molecule has 0 unspecified atom stereocenters. The molecule has 19 heavy (non-hydrogen) atoms. The van der Waals surface area contributed by atoms with E-state index in [-0.39, 0.29) is 18.0 Å². The predicted octanol–water partition coefficient (Wildman–Crippen LogP) is 2.50. The molecule has 2 aromatic rings. The first-order valence-electron chi connectivity index (χ1n) is 5.65. The third-order valence-electron chi connectivity index (χ3n) is 2.57. The van der Waals surface area contributed by atoms with Gasteiger partial charge >= 0.3 is 0 Å². The molecule has 0 heterocycles. The lowest BCUT2D eigenvalue weighted by Gasteiger charge is -2.07. The SMILES string of the molecule is NC(=NO)c1ccc(COc2ccccc2)cc1F. The Bertz CT molecular complexity index is 585. The largest absolute Gasteiger partial charge is 0.489 e. The van der Waals surface area contributed by atoms with Gasteiger partial charge in [-0.2, -0.15) is 0 Å². The first-order chi connectivity index (χ1) is 9.20. The van der Waals surface area contributed by atoms with Gasteiger partial charge in [-0.25, -0.2) is 4.39 Å². The number of nitrogens with two attached hydrogens (primary N) is 1. The van der Waals surface area contributed by atoms with E-state index in [0.717, 1.165) is 0 Å². The van der Waals surface area contributed by atoms with Crippen LogP contribution in [0.1, 0.15) is 11.1 Å². The highest BCUT2D eigenvalue weighted by atomic mass is 19.1. The van der Waals surface area contributed by atoms with Crippen molar-refractivity contribution in [3.05, 3.63) is 65.5 Å². The molecule has 0 aliphatic heterocycles. The van der Waals surface area contributed by atoms with Gasteiger partial charge in [0.15, 0.2) is 5.84 Å². The van der Waals surface area contributed by atoms with Crippen LogP contribution in [0.4, 0.5) is 4.39 Å². The van der Waals surface area contributed by atoms with Crippen molar-refractivity contribution in [2.75, 3.05) is 0 Å². The summed E-state index contributed by atoms with van der Waals surface area (Å²) in [7, 11) is 0. The van der Waals surface area contributed by atoms with Crippen molar-refractivity contribution in [1.29, 1.82) is 0 Å². The molecule has 98 valence electrons. The van der Waals surface area contributed by atoms with Crippen LogP contribution in [0.2, 0.25) is 0 Å². The zero-order valence-electron chi connectivity index (χ0n) is 10.1. The van der Waals surface area contributed by atoms with Gasteiger partial charge in [-0.3, -0.25) is 0 Å². The third-order valence-corrected chi connectivity index (χ3v) is 2.57. The lowest BCUT2D eigenvalue weighted by Crippen LogP contribution is -2.15. The number of rotatable bonds is 4. The van der Waals surface area contributed by atoms with E-state index in [4.69, 9.17) is 15.7 Å². The highest BCUT2D eigenvalue weighted by Crippen LogP contribution is 2.14. The molecule has 0 aliphatic rings. The van der Waals surface area contributed by atoms with E-state index >= 15 is 0 Å². The van der Waals surface area contributed by atoms with Crippen LogP contribution >= 0.6 is 0 Å². The fourth-order valence-corrected chi connectivity index (χ4v) is 1.59. The van der Waals surface area contributed by atoms with Gasteiger partial charge in [-0.05, 0) is 29.8 Å². The number of ether oxygens (including phenoxy) is 1. The highest BCUT2D eigenvalue weighted by molar-refractivity contribution is 5.97. The molecule has 0 aliphatic carbocycles. The fraction of sp³-hybridized carbons (Fsp3) is 0.0714. The van der Waals surface area contributed by atoms with Gasteiger partial charge in [0.2, 0.25) is 0 Å². The molecule has 4 nitrogen and oxygen atoms in total. The summed E-state index contributed by atoms with van der Waals surface area (Å²) < 4.78 is 19.2. The third kappa shape index (κ3) is 3.22. The van der Waals surface area contributed by atoms with E-state index in [9.17, 15) is 4.39 Å². The number of hydrogen-bond donors (Lipinski definition) is 2. The second kappa shape index (κ2) is 5.86. The minimum atomic E-state index is -0.551. The molecule has 0 bridgehead atoms. The molecule has 0 atom stereocenters. The van der Waals surface area contributed by atoms with Gasteiger partial charge in [-0.15, -0.1) is 0 Å². The number of halogens is 1. The second-order valence-electron chi connectivity index (χ2n) is 3.90. The normalized spacial score (nSPS) is 11.3. The lowest BCUT2D eigenvalue weighted by atomic mass is 10.1. The van der Waals surface area contributed by atoms with E-state index in [1.165, 1.54) is 12.1 Å². The molecule has 0 saturated heterocycles. The van der Waals surface area contributed by atoms with Crippen molar-refractivity contribution in [2.45, 2.75) is 6.61 Å². The molecule has 0 radical (unpaired) electrons. The van der Waals surface area contributed by atoms with Crippen LogP contribution in [0.25, 0.3) is 0 Å². The average molecular weight is 260 g/mol. The Labute approximate surface area is 109 Å². The van der Waals surface area contributed by atoms with Gasteiger partial charge in [0.05, 0.1) is 5.56 Å². The smallest absolute Gasteiger partial charge is 0.173 e. The van der Waals surface area contributed by atoms with Crippen LogP contribution in [0.15, 0.2) is 53.7 Å². The second-order valence-corrected chi connectivity index (χ2v) is 3.90. The summed E-state index contributed by atoms with van der Waals surface area (Å²) in [6, 6.07) is 13.7. The molecule has 0 aromatic heterocycles. The van der Waals surface area contributed by atoms with E-state index in [0.29, 0.717) is 11.3 Å². The highest BCUT2D eigenvalue weighted by Gasteiger charge is 2.08. The summed E-state index contributed by atoms with van der Waals surface area (Å²) in [5.74, 6) is -0.0964. The maximum atomic E-state index is 13.7. The van der Waals surface area contributed by atoms with Crippen molar-refractivity contribution in [3.8, 4) is 5.75 Å². The molecular weight excluding hydrogens is 247 g/mol. The Hall–Kier alpha value is -2.56. The number of amidine groups is 1. The van der Waals surface area contributed by atoms with Gasteiger partial charge < -0.3 is 15.7 Å². The minimum Gasteiger partial charge on any atom is -0.489 e. The molecule has 3 N–H and O–H groups in total. The summed E-state index contributed by atoms with van der Waals surface area (Å²) >= 11 is 0. The number of para-hydroxylation sites is 1. The molecule has 0 spiro atoms. The maximum absolute atomic E-state index is 13.7. The zero-order valence-corrected chi connectivity index (χ0v) is 10.1. The summed E-state index contributed by atoms with van der Waals surface area (Å²) in [5, 5.41) is 11.3. The Morgan fingerprint density at radius 3 is 2.58 bits per heavy atom. The van der Waals surface area contributed by atoms with Gasteiger partial charge in [-0.1, -0.05) is 29.4 Å². The molecule has 0 saturated carbocycles. The molecular formula is C14H13FN2O2. The maximum Gasteiger partial charge on any atom is 0.173 e. The van der Waals surface area contributed by atoms with Crippen molar-refractivity contribution in [1.82, 2.24) is 0 Å². The van der Waals surface area contributed by atoms with E-state index < -0.39 is 5.82 Å². The van der Waals surface area contributed by atoms with E-state index in [1.807, 2.05) is 30.3 Å². The van der Waals surface area contributed by atoms with Crippen LogP contribution in [0, 0.1) is 5.82 Å². The van der Waals surface area contributed by atoms with Crippen molar-refractivity contribution < 1.29 is 14.3 Å². The van der Waals surface area contributed by atoms with Crippen LogP contribution < -0.4 is 10.5 Å². The van der Waals surface area contributed by atoms with Crippen LogP contribution in [0.3, 0.4) is 0 Å². The average Bonchev–Trinajstić information content (AvgIpc) is 2.45. The zero-order chi connectivity index (χ0) is 13.7. The van der Waals surface area contributed by atoms with Gasteiger partial charge in [0.25, 0.3) is 0 Å². The Balaban J connectivity index is 2.09. The minimum absolute atomic E-state index is 0.0611. The lowest BCUT2D eigenvalue weighted by molar-refractivity contribution is 0.305. The summed E-state index contributed by atoms with van der Waals surface area (Å²) in [4.78, 5) is 0. The monoisotopic (exact) mass is 260 g/mol. The van der Waals surface area contributed by atoms with Crippen molar-refractivity contribution in [3.63, 3.8) is 0 Å². The quantitative estimate of drug-likeness (QED) is 0.384. The topological polar surface area (TPSA) is 67.8 Å². The standard InChI is InChI=1S/C14H13FN2O2/c15-13-8-10(6-7-12(13)14(16)17-18)9-19-11-4-2-1-3-5-11/h1-8,18H,9H2,(H2,16,17). The van der Waals surface area contributed by atoms with Crippen LogP contribution in [0.5, 0.6) is 5.75 Å². The molecule has 5 heteroatoms. The fourth-order valence-electron chi connectivity index (χ4n) is 1.59. The predicted molar refractivity (Wildman–Crippen MR) is 69.7 cm³/mol. The number of benzene rings is 2. The van der Waals surface area contributed by atoms with Crippen molar-refractivity contribution in [2.24, 2.45) is 10.9 Å².